The zero-order valence-corrected chi connectivity index (χ0v) is 9.51. The van der Waals surface area contributed by atoms with Gasteiger partial charge in [-0.2, -0.15) is 11.8 Å². The van der Waals surface area contributed by atoms with Crippen LogP contribution in [0.5, 0.6) is 0 Å². The molecule has 0 aliphatic carbocycles. The van der Waals surface area contributed by atoms with Gasteiger partial charge in [0.2, 0.25) is 0 Å². The monoisotopic (exact) mass is 212 g/mol. The normalized spacial score (nSPS) is 48.6. The van der Waals surface area contributed by atoms with Crippen LogP contribution in [0, 0.1) is 0 Å². The molecule has 3 saturated heterocycles. The molecular weight excluding hydrogens is 192 g/mol. The Morgan fingerprint density at radius 2 is 1.71 bits per heavy atom. The molecular formula is C11H20N2S. The second-order valence-corrected chi connectivity index (χ2v) is 6.23. The van der Waals surface area contributed by atoms with E-state index in [1.54, 1.807) is 0 Å². The van der Waals surface area contributed by atoms with Crippen molar-refractivity contribution < 1.29 is 0 Å². The third kappa shape index (κ3) is 1.50. The molecule has 14 heavy (non-hydrogen) atoms. The number of fused-ring (bicyclic) bond motifs is 2. The van der Waals surface area contributed by atoms with E-state index >= 15 is 0 Å². The molecule has 0 aromatic carbocycles. The van der Waals surface area contributed by atoms with Gasteiger partial charge in [-0.15, -0.1) is 0 Å². The summed E-state index contributed by atoms with van der Waals surface area (Å²) in [6, 6.07) is 3.07. The van der Waals surface area contributed by atoms with E-state index in [9.17, 15) is 0 Å². The minimum absolute atomic E-state index is 0.498. The van der Waals surface area contributed by atoms with Crippen LogP contribution in [0.3, 0.4) is 0 Å². The first-order chi connectivity index (χ1) is 6.84. The molecule has 3 heterocycles. The molecule has 3 fully saturated rings. The highest BCUT2D eigenvalue weighted by molar-refractivity contribution is 7.99. The first kappa shape index (κ1) is 9.49. The molecule has 3 aliphatic rings. The fourth-order valence-electron chi connectivity index (χ4n) is 3.61. The maximum Gasteiger partial charge on any atom is 0.0200 e. The summed E-state index contributed by atoms with van der Waals surface area (Å²) in [4.78, 5) is 2.84. The van der Waals surface area contributed by atoms with E-state index in [1.165, 1.54) is 43.6 Å². The molecule has 2 N–H and O–H groups in total. The molecule has 0 amide bonds. The Labute approximate surface area is 90.6 Å². The molecule has 0 saturated carbocycles. The van der Waals surface area contributed by atoms with Crippen LogP contribution in [0.15, 0.2) is 0 Å². The van der Waals surface area contributed by atoms with Gasteiger partial charge in [0.05, 0.1) is 0 Å². The molecule has 3 rings (SSSR count). The number of nitrogens with two attached hydrogens (primary N) is 1. The smallest absolute Gasteiger partial charge is 0.0200 e. The first-order valence-electron chi connectivity index (χ1n) is 5.95. The van der Waals surface area contributed by atoms with E-state index in [4.69, 9.17) is 5.73 Å². The summed E-state index contributed by atoms with van der Waals surface area (Å²) in [5.41, 5.74) is 6.08. The Morgan fingerprint density at radius 3 is 2.29 bits per heavy atom. The summed E-state index contributed by atoms with van der Waals surface area (Å²) >= 11 is 2.14. The highest BCUT2D eigenvalue weighted by Gasteiger charge is 2.43. The van der Waals surface area contributed by atoms with Gasteiger partial charge in [-0.25, -0.2) is 0 Å². The van der Waals surface area contributed by atoms with Gasteiger partial charge in [0.25, 0.3) is 0 Å². The maximum atomic E-state index is 6.08. The average molecular weight is 212 g/mol. The lowest BCUT2D eigenvalue weighted by Gasteiger charge is -2.41. The SMILES string of the molecule is NC1CC2CCC(C1)N2C1CCSC1. The van der Waals surface area contributed by atoms with Crippen molar-refractivity contribution >= 4 is 11.8 Å². The van der Waals surface area contributed by atoms with Gasteiger partial charge in [0.1, 0.15) is 0 Å². The molecule has 3 heteroatoms. The van der Waals surface area contributed by atoms with Crippen molar-refractivity contribution in [1.82, 2.24) is 4.90 Å². The topological polar surface area (TPSA) is 29.3 Å². The van der Waals surface area contributed by atoms with Crippen LogP contribution in [-0.4, -0.2) is 40.6 Å². The first-order valence-corrected chi connectivity index (χ1v) is 7.11. The van der Waals surface area contributed by atoms with Crippen LogP contribution in [0.2, 0.25) is 0 Å². The van der Waals surface area contributed by atoms with Gasteiger partial charge in [0, 0.05) is 29.9 Å². The zero-order valence-electron chi connectivity index (χ0n) is 8.69. The molecule has 2 nitrogen and oxygen atoms in total. The summed E-state index contributed by atoms with van der Waals surface area (Å²) in [6.45, 7) is 0. The van der Waals surface area contributed by atoms with Crippen molar-refractivity contribution in [3.05, 3.63) is 0 Å². The van der Waals surface area contributed by atoms with Gasteiger partial charge in [-0.1, -0.05) is 0 Å². The molecule has 3 atom stereocenters. The molecule has 0 radical (unpaired) electrons. The largest absolute Gasteiger partial charge is 0.328 e. The maximum absolute atomic E-state index is 6.08. The zero-order chi connectivity index (χ0) is 9.54. The summed E-state index contributed by atoms with van der Waals surface area (Å²) in [5.74, 6) is 2.76. The highest BCUT2D eigenvalue weighted by Crippen LogP contribution is 2.39. The fourth-order valence-corrected chi connectivity index (χ4v) is 4.83. The number of piperidine rings is 1. The molecule has 80 valence electrons. The molecule has 0 aromatic heterocycles. The lowest BCUT2D eigenvalue weighted by Crippen LogP contribution is -2.52. The van der Waals surface area contributed by atoms with Crippen LogP contribution < -0.4 is 5.73 Å². The van der Waals surface area contributed by atoms with Crippen molar-refractivity contribution in [1.29, 1.82) is 0 Å². The van der Waals surface area contributed by atoms with Crippen LogP contribution >= 0.6 is 11.8 Å². The third-order valence-corrected chi connectivity index (χ3v) is 5.30. The lowest BCUT2D eigenvalue weighted by molar-refractivity contribution is 0.0888. The van der Waals surface area contributed by atoms with Gasteiger partial charge >= 0.3 is 0 Å². The molecule has 3 unspecified atom stereocenters. The minimum atomic E-state index is 0.498. The number of hydrogen-bond donors (Lipinski definition) is 1. The van der Waals surface area contributed by atoms with Crippen molar-refractivity contribution in [2.75, 3.05) is 11.5 Å². The quantitative estimate of drug-likeness (QED) is 0.713. The van der Waals surface area contributed by atoms with Gasteiger partial charge in [-0.05, 0) is 37.9 Å². The fraction of sp³-hybridized carbons (Fsp3) is 1.00. The summed E-state index contributed by atoms with van der Waals surface area (Å²) in [6.07, 6.45) is 6.78. The van der Waals surface area contributed by atoms with Crippen molar-refractivity contribution in [2.45, 2.75) is 56.3 Å². The van der Waals surface area contributed by atoms with Crippen molar-refractivity contribution in [3.63, 3.8) is 0 Å². The van der Waals surface area contributed by atoms with E-state index in [-0.39, 0.29) is 0 Å². The number of rotatable bonds is 1. The third-order valence-electron chi connectivity index (χ3n) is 4.15. The van der Waals surface area contributed by atoms with Gasteiger partial charge in [0.15, 0.2) is 0 Å². The molecule has 3 aliphatic heterocycles. The number of nitrogens with zero attached hydrogens (tertiary/aromatic N) is 1. The van der Waals surface area contributed by atoms with E-state index in [2.05, 4.69) is 16.7 Å². The predicted octanol–water partition coefficient (Wildman–Crippen LogP) is 1.45. The van der Waals surface area contributed by atoms with Crippen molar-refractivity contribution in [2.24, 2.45) is 5.73 Å². The summed E-state index contributed by atoms with van der Waals surface area (Å²) < 4.78 is 0. The highest BCUT2D eigenvalue weighted by atomic mass is 32.2. The molecule has 2 bridgehead atoms. The van der Waals surface area contributed by atoms with Crippen LogP contribution in [0.1, 0.15) is 32.1 Å². The van der Waals surface area contributed by atoms with Gasteiger partial charge in [-0.3, -0.25) is 4.90 Å². The van der Waals surface area contributed by atoms with Crippen LogP contribution in [0.25, 0.3) is 0 Å². The molecule has 0 aromatic rings. The Balaban J connectivity index is 1.74. The summed E-state index contributed by atoms with van der Waals surface area (Å²) in [5, 5.41) is 0. The van der Waals surface area contributed by atoms with Gasteiger partial charge < -0.3 is 5.73 Å². The van der Waals surface area contributed by atoms with E-state index in [1.807, 2.05) is 0 Å². The molecule has 0 spiro atoms. The van der Waals surface area contributed by atoms with E-state index in [0.717, 1.165) is 18.1 Å². The minimum Gasteiger partial charge on any atom is -0.328 e. The summed E-state index contributed by atoms with van der Waals surface area (Å²) in [7, 11) is 0. The second kappa shape index (κ2) is 3.69. The average Bonchev–Trinajstić information content (AvgIpc) is 2.72. The second-order valence-electron chi connectivity index (χ2n) is 5.08. The van der Waals surface area contributed by atoms with E-state index < -0.39 is 0 Å². The predicted molar refractivity (Wildman–Crippen MR) is 61.6 cm³/mol. The standard InChI is InChI=1S/C11H20N2S/c12-8-5-9-1-2-10(6-8)13(9)11-3-4-14-7-11/h8-11H,1-7,12H2. The van der Waals surface area contributed by atoms with E-state index in [0.29, 0.717) is 6.04 Å². The Hall–Kier alpha value is 0.270. The lowest BCUT2D eigenvalue weighted by atomic mass is 9.96. The van der Waals surface area contributed by atoms with Crippen molar-refractivity contribution in [3.8, 4) is 0 Å². The number of hydrogen-bond acceptors (Lipinski definition) is 3. The Morgan fingerprint density at radius 1 is 1.00 bits per heavy atom. The number of thioether (sulfide) groups is 1. The van der Waals surface area contributed by atoms with Crippen LogP contribution in [0.4, 0.5) is 0 Å². The Bertz CT molecular complexity index is 201. The van der Waals surface area contributed by atoms with Crippen LogP contribution in [-0.2, 0) is 0 Å². The Kier molecular flexibility index (Phi) is 2.50.